The van der Waals surface area contributed by atoms with E-state index in [-0.39, 0.29) is 18.2 Å². The van der Waals surface area contributed by atoms with Crippen LogP contribution in [-0.2, 0) is 11.2 Å². The number of hydrogen-bond donors (Lipinski definition) is 2. The fourth-order valence-corrected chi connectivity index (χ4v) is 2.71. The highest BCUT2D eigenvalue weighted by molar-refractivity contribution is 5.98. The van der Waals surface area contributed by atoms with Crippen molar-refractivity contribution in [1.82, 2.24) is 5.32 Å². The number of anilines is 1. The first-order valence-corrected chi connectivity index (χ1v) is 8.33. The van der Waals surface area contributed by atoms with Gasteiger partial charge in [0.15, 0.2) is 0 Å². The Kier molecular flexibility index (Phi) is 5.22. The van der Waals surface area contributed by atoms with Crippen LogP contribution in [0.5, 0.6) is 5.75 Å². The molecule has 0 radical (unpaired) electrons. The molecule has 2 amide bonds. The third kappa shape index (κ3) is 3.85. The predicted molar refractivity (Wildman–Crippen MR) is 99.5 cm³/mol. The number of furan rings is 1. The van der Waals surface area contributed by atoms with Crippen molar-refractivity contribution in [2.24, 2.45) is 0 Å². The summed E-state index contributed by atoms with van der Waals surface area (Å²) >= 11 is 0. The third-order valence-corrected chi connectivity index (χ3v) is 3.96. The number of nitrogens with one attached hydrogen (secondary N) is 2. The van der Waals surface area contributed by atoms with E-state index in [1.165, 1.54) is 0 Å². The van der Waals surface area contributed by atoms with Gasteiger partial charge < -0.3 is 19.8 Å². The first kappa shape index (κ1) is 17.5. The Labute approximate surface area is 151 Å². The molecule has 2 aromatic carbocycles. The maximum atomic E-state index is 12.4. The van der Waals surface area contributed by atoms with E-state index in [1.807, 2.05) is 19.1 Å². The number of rotatable bonds is 6. The molecule has 0 aliphatic heterocycles. The molecule has 134 valence electrons. The molecule has 0 aliphatic carbocycles. The summed E-state index contributed by atoms with van der Waals surface area (Å²) in [5.74, 6) is 0.347. The van der Waals surface area contributed by atoms with E-state index >= 15 is 0 Å². The van der Waals surface area contributed by atoms with Crippen LogP contribution in [0.1, 0.15) is 22.8 Å². The molecule has 0 spiro atoms. The number of amides is 2. The van der Waals surface area contributed by atoms with Crippen molar-refractivity contribution in [1.29, 1.82) is 0 Å². The average Bonchev–Trinajstić information content (AvgIpc) is 3.04. The van der Waals surface area contributed by atoms with E-state index in [9.17, 15) is 9.59 Å². The van der Waals surface area contributed by atoms with Gasteiger partial charge in [0.1, 0.15) is 11.3 Å². The van der Waals surface area contributed by atoms with Crippen LogP contribution in [0.25, 0.3) is 11.0 Å². The lowest BCUT2D eigenvalue weighted by molar-refractivity contribution is -0.115. The summed E-state index contributed by atoms with van der Waals surface area (Å²) in [7, 11) is 1.59. The zero-order valence-corrected chi connectivity index (χ0v) is 14.7. The predicted octanol–water partition coefficient (Wildman–Crippen LogP) is 3.37. The topological polar surface area (TPSA) is 80.6 Å². The van der Waals surface area contributed by atoms with Gasteiger partial charge in [0.2, 0.25) is 5.91 Å². The molecule has 0 aliphatic rings. The highest BCUT2D eigenvalue weighted by Crippen LogP contribution is 2.26. The van der Waals surface area contributed by atoms with Crippen molar-refractivity contribution in [3.63, 3.8) is 0 Å². The molecule has 1 aromatic heterocycles. The van der Waals surface area contributed by atoms with Crippen LogP contribution in [0, 0.1) is 0 Å². The Morgan fingerprint density at radius 3 is 2.77 bits per heavy atom. The summed E-state index contributed by atoms with van der Waals surface area (Å²) in [5, 5.41) is 6.43. The zero-order valence-electron chi connectivity index (χ0n) is 14.7. The molecule has 3 aromatic rings. The van der Waals surface area contributed by atoms with Gasteiger partial charge in [0.05, 0.1) is 19.8 Å². The number of ether oxygens (including phenoxy) is 1. The normalized spacial score (nSPS) is 10.5. The summed E-state index contributed by atoms with van der Waals surface area (Å²) < 4.78 is 10.7. The molecule has 0 atom stereocenters. The van der Waals surface area contributed by atoms with Gasteiger partial charge in [0, 0.05) is 34.8 Å². The number of carbonyl (C=O) groups excluding carboxylic acids is 2. The van der Waals surface area contributed by atoms with Gasteiger partial charge in [-0.15, -0.1) is 0 Å². The average molecular weight is 352 g/mol. The van der Waals surface area contributed by atoms with Crippen molar-refractivity contribution in [2.75, 3.05) is 19.0 Å². The lowest BCUT2D eigenvalue weighted by Gasteiger charge is -2.07. The van der Waals surface area contributed by atoms with Crippen LogP contribution in [0.3, 0.4) is 0 Å². The highest BCUT2D eigenvalue weighted by Gasteiger charge is 2.12. The van der Waals surface area contributed by atoms with Crippen LogP contribution < -0.4 is 15.4 Å². The van der Waals surface area contributed by atoms with Crippen molar-refractivity contribution < 1.29 is 18.7 Å². The lowest BCUT2D eigenvalue weighted by atomic mass is 10.1. The lowest BCUT2D eigenvalue weighted by Crippen LogP contribution is -2.23. The molecule has 1 heterocycles. The molecule has 0 fully saturated rings. The molecule has 26 heavy (non-hydrogen) atoms. The molecular weight excluding hydrogens is 332 g/mol. The summed E-state index contributed by atoms with van der Waals surface area (Å²) in [6.07, 6.45) is 1.75. The van der Waals surface area contributed by atoms with Crippen LogP contribution in [0.15, 0.2) is 53.1 Å². The van der Waals surface area contributed by atoms with Crippen LogP contribution in [0.4, 0.5) is 5.69 Å². The van der Waals surface area contributed by atoms with Crippen LogP contribution in [-0.4, -0.2) is 25.5 Å². The summed E-state index contributed by atoms with van der Waals surface area (Å²) in [6, 6.07) is 12.3. The highest BCUT2D eigenvalue weighted by atomic mass is 16.5. The Morgan fingerprint density at radius 1 is 1.15 bits per heavy atom. The summed E-state index contributed by atoms with van der Waals surface area (Å²) in [5.41, 5.74) is 2.55. The molecule has 0 bridgehead atoms. The molecule has 0 saturated carbocycles. The van der Waals surface area contributed by atoms with Gasteiger partial charge in [-0.05, 0) is 37.3 Å². The first-order chi connectivity index (χ1) is 12.6. The van der Waals surface area contributed by atoms with E-state index in [4.69, 9.17) is 9.15 Å². The first-order valence-electron chi connectivity index (χ1n) is 8.33. The fraction of sp³-hybridized carbons (Fsp3) is 0.200. The van der Waals surface area contributed by atoms with Crippen molar-refractivity contribution in [3.05, 3.63) is 59.9 Å². The second-order valence-electron chi connectivity index (χ2n) is 5.79. The number of fused-ring (bicyclic) bond motifs is 1. The number of benzene rings is 2. The maximum absolute atomic E-state index is 12.4. The van der Waals surface area contributed by atoms with Crippen molar-refractivity contribution >= 4 is 28.5 Å². The quantitative estimate of drug-likeness (QED) is 0.713. The van der Waals surface area contributed by atoms with E-state index < -0.39 is 0 Å². The molecular formula is C20H20N2O4. The largest absolute Gasteiger partial charge is 0.497 e. The summed E-state index contributed by atoms with van der Waals surface area (Å²) in [4.78, 5) is 24.3. The maximum Gasteiger partial charge on any atom is 0.251 e. The Balaban J connectivity index is 1.71. The second-order valence-corrected chi connectivity index (χ2v) is 5.79. The molecule has 6 nitrogen and oxygen atoms in total. The van der Waals surface area contributed by atoms with E-state index in [1.54, 1.807) is 43.7 Å². The number of methoxy groups -OCH3 is 1. The van der Waals surface area contributed by atoms with Crippen molar-refractivity contribution in [2.45, 2.75) is 13.3 Å². The minimum absolute atomic E-state index is 0.168. The molecule has 0 unspecified atom stereocenters. The van der Waals surface area contributed by atoms with Gasteiger partial charge in [-0.25, -0.2) is 0 Å². The molecule has 0 saturated heterocycles. The molecule has 3 rings (SSSR count). The SMILES string of the molecule is CCNC(=O)c1cccc(NC(=O)Cc2coc3cc(OC)ccc23)c1. The second kappa shape index (κ2) is 7.74. The zero-order chi connectivity index (χ0) is 18.5. The van der Waals surface area contributed by atoms with Gasteiger partial charge in [-0.3, -0.25) is 9.59 Å². The Hall–Kier alpha value is -3.28. The number of carbonyl (C=O) groups is 2. The molecule has 2 N–H and O–H groups in total. The van der Waals surface area contributed by atoms with E-state index in [0.717, 1.165) is 10.9 Å². The number of hydrogen-bond acceptors (Lipinski definition) is 4. The van der Waals surface area contributed by atoms with Crippen LogP contribution >= 0.6 is 0 Å². The van der Waals surface area contributed by atoms with Gasteiger partial charge in [-0.1, -0.05) is 6.07 Å². The Bertz CT molecular complexity index is 946. The summed E-state index contributed by atoms with van der Waals surface area (Å²) in [6.45, 7) is 2.40. The minimum atomic E-state index is -0.184. The smallest absolute Gasteiger partial charge is 0.251 e. The van der Waals surface area contributed by atoms with Gasteiger partial charge >= 0.3 is 0 Å². The minimum Gasteiger partial charge on any atom is -0.497 e. The van der Waals surface area contributed by atoms with Crippen molar-refractivity contribution in [3.8, 4) is 5.75 Å². The van der Waals surface area contributed by atoms with Crippen LogP contribution in [0.2, 0.25) is 0 Å². The molecule has 6 heteroatoms. The van der Waals surface area contributed by atoms with Gasteiger partial charge in [-0.2, -0.15) is 0 Å². The third-order valence-electron chi connectivity index (χ3n) is 3.96. The fourth-order valence-electron chi connectivity index (χ4n) is 2.71. The monoisotopic (exact) mass is 352 g/mol. The van der Waals surface area contributed by atoms with E-state index in [2.05, 4.69) is 10.6 Å². The standard InChI is InChI=1S/C20H20N2O4/c1-3-21-20(24)13-5-4-6-15(9-13)22-19(23)10-14-12-26-18-11-16(25-2)7-8-17(14)18/h4-9,11-12H,3,10H2,1-2H3,(H,21,24)(H,22,23). The van der Waals surface area contributed by atoms with Gasteiger partial charge in [0.25, 0.3) is 5.91 Å². The van der Waals surface area contributed by atoms with E-state index in [0.29, 0.717) is 29.1 Å². The Morgan fingerprint density at radius 2 is 2.00 bits per heavy atom.